The Morgan fingerprint density at radius 2 is 1.62 bits per heavy atom. The number of nitrogens with one attached hydrogen (secondary N) is 2. The second-order valence-corrected chi connectivity index (χ2v) is 14.4. The number of aromatic nitrogens is 2. The van der Waals surface area contributed by atoms with Gasteiger partial charge in [-0.15, -0.1) is 0 Å². The number of rotatable bonds is 26. The Bertz CT molecular complexity index is 1110. The van der Waals surface area contributed by atoms with Crippen LogP contribution in [-0.2, 0) is 11.0 Å². The Morgan fingerprint density at radius 3 is 2.19 bits per heavy atom. The summed E-state index contributed by atoms with van der Waals surface area (Å²) in [6.45, 7) is 19.1. The van der Waals surface area contributed by atoms with Crippen molar-refractivity contribution in [3.63, 3.8) is 0 Å². The second-order valence-electron chi connectivity index (χ2n) is 14.4. The summed E-state index contributed by atoms with van der Waals surface area (Å²) in [7, 11) is 1.99. The van der Waals surface area contributed by atoms with Crippen LogP contribution < -0.4 is 16.4 Å². The minimum Gasteiger partial charge on any atom is -0.388 e. The predicted octanol–water partition coefficient (Wildman–Crippen LogP) is 11.1. The van der Waals surface area contributed by atoms with Crippen molar-refractivity contribution >= 4 is 23.9 Å². The molecule has 0 aromatic carbocycles. The van der Waals surface area contributed by atoms with Crippen molar-refractivity contribution in [3.8, 4) is 0 Å². The zero-order chi connectivity index (χ0) is 39.4. The molecule has 1 aromatic heterocycles. The molecule has 3 atom stereocenters. The molecule has 0 bridgehead atoms. The maximum atomic E-state index is 13.7. The number of aldehydes is 1. The Balaban J connectivity index is 0.00000205. The number of anilines is 1. The predicted molar refractivity (Wildman–Crippen MR) is 215 cm³/mol. The van der Waals surface area contributed by atoms with Gasteiger partial charge in [0.1, 0.15) is 23.5 Å². The molecular formula is C41H76F3N7O. The monoisotopic (exact) mass is 740 g/mol. The molecule has 0 spiro atoms. The maximum absolute atomic E-state index is 13.7. The zero-order valence-corrected chi connectivity index (χ0v) is 34.4. The third-order valence-electron chi connectivity index (χ3n) is 9.07. The number of nitrogens with two attached hydrogens (primary N) is 1. The molecule has 1 aliphatic rings. The number of carbonyl (C=O) groups is 1. The first-order valence-corrected chi connectivity index (χ1v) is 20.5. The summed E-state index contributed by atoms with van der Waals surface area (Å²) in [6.07, 6.45) is 16.9. The van der Waals surface area contributed by atoms with Crippen LogP contribution in [0.25, 0.3) is 0 Å². The largest absolute Gasteiger partial charge is 0.421 e. The second kappa shape index (κ2) is 29.7. The van der Waals surface area contributed by atoms with Crippen LogP contribution in [0.15, 0.2) is 23.0 Å². The summed E-state index contributed by atoms with van der Waals surface area (Å²) in [5.41, 5.74) is 6.30. The molecule has 1 saturated carbocycles. The van der Waals surface area contributed by atoms with Crippen molar-refractivity contribution in [1.82, 2.24) is 20.2 Å². The van der Waals surface area contributed by atoms with E-state index in [2.05, 4.69) is 65.1 Å². The summed E-state index contributed by atoms with van der Waals surface area (Å²) < 4.78 is 41.2. The molecule has 11 heteroatoms. The van der Waals surface area contributed by atoms with Crippen LogP contribution in [-0.4, -0.2) is 59.7 Å². The third kappa shape index (κ3) is 23.1. The molecule has 302 valence electrons. The van der Waals surface area contributed by atoms with E-state index in [-0.39, 0.29) is 29.4 Å². The summed E-state index contributed by atoms with van der Waals surface area (Å²) in [4.78, 5) is 25.0. The number of halogens is 3. The number of alkyl halides is 3. The molecule has 1 heterocycles. The van der Waals surface area contributed by atoms with Crippen molar-refractivity contribution in [2.24, 2.45) is 28.5 Å². The molecule has 0 amide bonds. The zero-order valence-electron chi connectivity index (χ0n) is 34.4. The molecule has 0 radical (unpaired) electrons. The van der Waals surface area contributed by atoms with E-state index in [0.29, 0.717) is 25.6 Å². The van der Waals surface area contributed by atoms with Crippen molar-refractivity contribution in [2.45, 2.75) is 170 Å². The average molecular weight is 740 g/mol. The minimum absolute atomic E-state index is 0.0716. The van der Waals surface area contributed by atoms with Gasteiger partial charge in [0, 0.05) is 43.5 Å². The number of carbonyl (C=O) groups excluding carboxylic acids is 1. The van der Waals surface area contributed by atoms with Crippen molar-refractivity contribution in [3.05, 3.63) is 23.5 Å². The summed E-state index contributed by atoms with van der Waals surface area (Å²) in [5, 5.41) is 6.40. The van der Waals surface area contributed by atoms with Gasteiger partial charge in [0.15, 0.2) is 0 Å². The first-order chi connectivity index (χ1) is 24.9. The number of hydrogen-bond acceptors (Lipinski definition) is 7. The fourth-order valence-electron chi connectivity index (χ4n) is 5.99. The van der Waals surface area contributed by atoms with E-state index in [9.17, 15) is 18.0 Å². The highest BCUT2D eigenvalue weighted by Gasteiger charge is 2.35. The van der Waals surface area contributed by atoms with Gasteiger partial charge in [-0.2, -0.15) is 23.1 Å². The lowest BCUT2D eigenvalue weighted by atomic mass is 10.00. The van der Waals surface area contributed by atoms with Crippen molar-refractivity contribution in [1.29, 1.82) is 0 Å². The molecule has 52 heavy (non-hydrogen) atoms. The molecule has 0 saturated heterocycles. The van der Waals surface area contributed by atoms with Gasteiger partial charge in [-0.05, 0) is 69.9 Å². The van der Waals surface area contributed by atoms with Gasteiger partial charge in [0.25, 0.3) is 5.95 Å². The lowest BCUT2D eigenvalue weighted by Gasteiger charge is -2.22. The van der Waals surface area contributed by atoms with Gasteiger partial charge in [-0.25, -0.2) is 4.98 Å². The number of unbranched alkanes of at least 4 members (excludes halogenated alkanes) is 5. The van der Waals surface area contributed by atoms with Crippen LogP contribution in [0.5, 0.6) is 0 Å². The first kappa shape index (κ1) is 49.3. The summed E-state index contributed by atoms with van der Waals surface area (Å²) in [6, 6.07) is 0.350. The van der Waals surface area contributed by atoms with Crippen LogP contribution in [0.2, 0.25) is 0 Å². The third-order valence-corrected chi connectivity index (χ3v) is 9.07. The maximum Gasteiger partial charge on any atom is 0.421 e. The van der Waals surface area contributed by atoms with Gasteiger partial charge in [0.05, 0.1) is 0 Å². The number of hydrogen-bond donors (Lipinski definition) is 3. The average Bonchev–Trinajstić information content (AvgIpc) is 3.95. The van der Waals surface area contributed by atoms with Gasteiger partial charge in [-0.1, -0.05) is 113 Å². The van der Waals surface area contributed by atoms with Gasteiger partial charge in [-0.3, -0.25) is 0 Å². The van der Waals surface area contributed by atoms with Crippen LogP contribution in [0.3, 0.4) is 0 Å². The molecule has 4 N–H and O–H groups in total. The van der Waals surface area contributed by atoms with Crippen LogP contribution in [0.1, 0.15) is 164 Å². The Hall–Kier alpha value is -2.69. The highest BCUT2D eigenvalue weighted by molar-refractivity contribution is 5.99. The Labute approximate surface area is 315 Å². The molecule has 1 fully saturated rings. The number of amidine groups is 1. The normalized spacial score (nSPS) is 15.2. The summed E-state index contributed by atoms with van der Waals surface area (Å²) >= 11 is 0. The Kier molecular flexibility index (Phi) is 28.2. The lowest BCUT2D eigenvalue weighted by Crippen LogP contribution is -2.29. The number of aliphatic imine (C=N–C) groups is 1. The molecule has 1 aliphatic carbocycles. The van der Waals surface area contributed by atoms with E-state index in [1.54, 1.807) is 0 Å². The minimum atomic E-state index is -4.60. The van der Waals surface area contributed by atoms with Gasteiger partial charge in [0.2, 0.25) is 0 Å². The molecule has 2 rings (SSSR count). The standard InChI is InChI=1S/C30H50F3N7O.C9H20.C2H6/c1-5-7-13-24(12-6-2)35-19-25(23-14-15-23)27(34)38-29-37-20-26(30(31,32)33)28(39-29)36-18-22(3)21-40(4)16-10-8-9-11-17-41;1-4-6-8-9(3)7-5-2;1-2/h17,19-20,22-24,35H,5-16,18,21H2,1-4H3,(H3,34,36,37,38,39);9H,4-8H2,1-3H3;1-2H3/b25-19-;;. The highest BCUT2D eigenvalue weighted by Crippen LogP contribution is 2.37. The van der Waals surface area contributed by atoms with Crippen LogP contribution in [0, 0.1) is 17.8 Å². The van der Waals surface area contributed by atoms with Gasteiger partial charge >= 0.3 is 6.18 Å². The van der Waals surface area contributed by atoms with Crippen molar-refractivity contribution < 1.29 is 18.0 Å². The van der Waals surface area contributed by atoms with E-state index in [1.807, 2.05) is 34.0 Å². The lowest BCUT2D eigenvalue weighted by molar-refractivity contribution is -0.137. The molecule has 3 unspecified atom stereocenters. The topological polar surface area (TPSA) is 109 Å². The van der Waals surface area contributed by atoms with E-state index >= 15 is 0 Å². The number of nitrogens with zero attached hydrogens (tertiary/aromatic N) is 4. The van der Waals surface area contributed by atoms with Crippen LogP contribution >= 0.6 is 0 Å². The smallest absolute Gasteiger partial charge is 0.388 e. The van der Waals surface area contributed by atoms with Crippen molar-refractivity contribution in [2.75, 3.05) is 32.0 Å². The quantitative estimate of drug-likeness (QED) is 0.0376. The van der Waals surface area contributed by atoms with Crippen LogP contribution in [0.4, 0.5) is 24.9 Å². The highest BCUT2D eigenvalue weighted by atomic mass is 19.4. The van der Waals surface area contributed by atoms with E-state index in [1.165, 1.54) is 32.1 Å². The van der Waals surface area contributed by atoms with E-state index < -0.39 is 11.7 Å². The van der Waals surface area contributed by atoms with Gasteiger partial charge < -0.3 is 26.1 Å². The fourth-order valence-corrected chi connectivity index (χ4v) is 5.99. The first-order valence-electron chi connectivity index (χ1n) is 20.5. The molecular weight excluding hydrogens is 663 g/mol. The molecule has 1 aromatic rings. The fraction of sp³-hybridized carbons (Fsp3) is 0.805. The van der Waals surface area contributed by atoms with E-state index in [0.717, 1.165) is 94.7 Å². The Morgan fingerprint density at radius 1 is 0.962 bits per heavy atom. The molecule has 0 aliphatic heterocycles. The SMILES string of the molecule is CC.CCCCC(C)CCC.CCCCC(CCC)N/C=C(\C(N)=N\c1ncc(C(F)(F)F)c(NCC(C)CN(C)CCCCCC=O)n1)C1CC1. The molecule has 8 nitrogen and oxygen atoms in total. The van der Waals surface area contributed by atoms with E-state index in [4.69, 9.17) is 5.73 Å². The summed E-state index contributed by atoms with van der Waals surface area (Å²) in [5.74, 6) is 1.17.